The van der Waals surface area contributed by atoms with Crippen LogP contribution in [0.1, 0.15) is 6.42 Å². The number of hydrogen-bond donors (Lipinski definition) is 1. The molecule has 0 aromatic carbocycles. The van der Waals surface area contributed by atoms with Gasteiger partial charge in [-0.1, -0.05) is 12.2 Å². The first-order valence-corrected chi connectivity index (χ1v) is 7.46. The summed E-state index contributed by atoms with van der Waals surface area (Å²) in [6.07, 6.45) is 4.31. The van der Waals surface area contributed by atoms with E-state index in [1.54, 1.807) is 4.13 Å². The molecule has 2 bridgehead atoms. The largest absolute Gasteiger partial charge is 0.229 e. The van der Waals surface area contributed by atoms with Crippen molar-refractivity contribution in [1.29, 1.82) is 0 Å². The van der Waals surface area contributed by atoms with E-state index >= 15 is 0 Å². The third-order valence-electron chi connectivity index (χ3n) is 3.27. The van der Waals surface area contributed by atoms with Crippen molar-refractivity contribution >= 4 is 20.0 Å². The molecule has 1 aliphatic heterocycles. The number of nitrogens with one attached hydrogen (secondary N) is 1. The lowest BCUT2D eigenvalue weighted by atomic mass is 10.1. The fraction of sp³-hybridized carbons (Fsp3) is 0.714. The van der Waals surface area contributed by atoms with Crippen LogP contribution in [0, 0.1) is 11.8 Å². The molecule has 0 spiro atoms. The highest BCUT2D eigenvalue weighted by Gasteiger charge is 2.62. The molecule has 2 aliphatic carbocycles. The van der Waals surface area contributed by atoms with Crippen molar-refractivity contribution in [2.45, 2.75) is 16.9 Å². The lowest BCUT2D eigenvalue weighted by Gasteiger charge is -2.15. The van der Waals surface area contributed by atoms with Crippen LogP contribution in [0.2, 0.25) is 0 Å². The van der Waals surface area contributed by atoms with E-state index in [2.05, 4.69) is 0 Å². The highest BCUT2D eigenvalue weighted by molar-refractivity contribution is 8.08. The molecule has 1 saturated heterocycles. The first-order chi connectivity index (χ1) is 6.42. The Morgan fingerprint density at radius 1 is 0.929 bits per heavy atom. The summed E-state index contributed by atoms with van der Waals surface area (Å²) in [7, 11) is -7.30. The first kappa shape index (κ1) is 8.87. The normalized spacial score (nSPS) is 50.9. The highest BCUT2D eigenvalue weighted by atomic mass is 32.3. The Bertz CT molecular complexity index is 472. The maximum atomic E-state index is 11.5. The molecule has 1 heterocycles. The molecular weight excluding hydrogens is 226 g/mol. The van der Waals surface area contributed by atoms with Gasteiger partial charge in [0.15, 0.2) is 0 Å². The lowest BCUT2D eigenvalue weighted by Crippen LogP contribution is -2.32. The van der Waals surface area contributed by atoms with Crippen LogP contribution in [0.15, 0.2) is 12.2 Å². The van der Waals surface area contributed by atoms with E-state index in [0.29, 0.717) is 6.42 Å². The van der Waals surface area contributed by atoms with Gasteiger partial charge in [-0.05, 0) is 18.3 Å². The van der Waals surface area contributed by atoms with Gasteiger partial charge >= 0.3 is 0 Å². The van der Waals surface area contributed by atoms with Crippen LogP contribution >= 0.6 is 0 Å². The minimum Gasteiger partial charge on any atom is -0.211 e. The number of sulfonamides is 2. The molecule has 3 rings (SSSR count). The van der Waals surface area contributed by atoms with E-state index in [0.717, 1.165) is 0 Å². The number of fused-ring (bicyclic) bond motifs is 5. The fourth-order valence-corrected chi connectivity index (χ4v) is 8.31. The second-order valence-electron chi connectivity index (χ2n) is 4.05. The molecule has 0 radical (unpaired) electrons. The van der Waals surface area contributed by atoms with Crippen LogP contribution in [0.3, 0.4) is 0 Å². The van der Waals surface area contributed by atoms with Crippen molar-refractivity contribution in [2.24, 2.45) is 11.8 Å². The summed E-state index contributed by atoms with van der Waals surface area (Å²) in [6.45, 7) is 0. The molecule has 4 atom stereocenters. The molecule has 7 heteroatoms. The van der Waals surface area contributed by atoms with Gasteiger partial charge in [0, 0.05) is 0 Å². The van der Waals surface area contributed by atoms with E-state index in [1.165, 1.54) is 0 Å². The summed E-state index contributed by atoms with van der Waals surface area (Å²) >= 11 is 0. The molecule has 1 saturated carbocycles. The lowest BCUT2D eigenvalue weighted by molar-refractivity contribution is 0.563. The summed E-state index contributed by atoms with van der Waals surface area (Å²) in [5, 5.41) is -1.50. The Kier molecular flexibility index (Phi) is 1.41. The summed E-state index contributed by atoms with van der Waals surface area (Å²) in [5.74, 6) is -0.223. The van der Waals surface area contributed by atoms with Crippen molar-refractivity contribution in [3.63, 3.8) is 0 Å². The van der Waals surface area contributed by atoms with Gasteiger partial charge < -0.3 is 0 Å². The van der Waals surface area contributed by atoms with Crippen molar-refractivity contribution in [1.82, 2.24) is 4.13 Å². The van der Waals surface area contributed by atoms with Crippen LogP contribution in [-0.4, -0.2) is 27.3 Å². The Hall–Kier alpha value is -0.400. The van der Waals surface area contributed by atoms with Gasteiger partial charge in [0.05, 0.1) is 0 Å². The number of allylic oxidation sites excluding steroid dienone is 2. The standard InChI is InChI=1S/C7H9NO4S2/c9-13(10)6-4-1-2-5(3-4)7(6)14(11,12)8-13/h1-2,4-8H,3H2. The quantitative estimate of drug-likeness (QED) is 0.557. The second kappa shape index (κ2) is 2.23. The van der Waals surface area contributed by atoms with Crippen LogP contribution in [-0.2, 0) is 20.0 Å². The zero-order valence-electron chi connectivity index (χ0n) is 7.12. The Labute approximate surface area is 82.3 Å². The maximum absolute atomic E-state index is 11.5. The third kappa shape index (κ3) is 0.875. The minimum absolute atomic E-state index is 0.111. The molecule has 78 valence electrons. The van der Waals surface area contributed by atoms with E-state index in [4.69, 9.17) is 0 Å². The molecular formula is C7H9NO4S2. The maximum Gasteiger partial charge on any atom is 0.229 e. The van der Waals surface area contributed by atoms with Gasteiger partial charge in [-0.25, -0.2) is 16.8 Å². The first-order valence-electron chi connectivity index (χ1n) is 4.36. The van der Waals surface area contributed by atoms with Gasteiger partial charge in [0.2, 0.25) is 20.0 Å². The van der Waals surface area contributed by atoms with Gasteiger partial charge in [0.25, 0.3) is 0 Å². The third-order valence-corrected chi connectivity index (χ3v) is 8.02. The molecule has 2 fully saturated rings. The van der Waals surface area contributed by atoms with E-state index in [-0.39, 0.29) is 11.8 Å². The van der Waals surface area contributed by atoms with Gasteiger partial charge in [-0.2, -0.15) is 0 Å². The Morgan fingerprint density at radius 2 is 1.36 bits per heavy atom. The van der Waals surface area contributed by atoms with Gasteiger partial charge in [-0.15, -0.1) is 4.13 Å². The average molecular weight is 235 g/mol. The average Bonchev–Trinajstić information content (AvgIpc) is 2.61. The predicted octanol–water partition coefficient (Wildman–Crippen LogP) is -0.808. The number of hydrogen-bond acceptors (Lipinski definition) is 4. The molecule has 4 unspecified atom stereocenters. The summed E-state index contributed by atoms with van der Waals surface area (Å²) < 4.78 is 47.9. The zero-order chi connectivity index (χ0) is 10.1. The monoisotopic (exact) mass is 235 g/mol. The van der Waals surface area contributed by atoms with Crippen molar-refractivity contribution < 1.29 is 16.8 Å². The molecule has 0 aromatic rings. The zero-order valence-corrected chi connectivity index (χ0v) is 8.75. The summed E-state index contributed by atoms with van der Waals surface area (Å²) in [4.78, 5) is 0. The van der Waals surface area contributed by atoms with Crippen molar-refractivity contribution in [3.05, 3.63) is 12.2 Å². The predicted molar refractivity (Wildman–Crippen MR) is 49.3 cm³/mol. The van der Waals surface area contributed by atoms with Gasteiger partial charge in [0.1, 0.15) is 10.5 Å². The molecule has 3 aliphatic rings. The van der Waals surface area contributed by atoms with E-state index < -0.39 is 30.5 Å². The molecule has 0 aromatic heterocycles. The van der Waals surface area contributed by atoms with Crippen LogP contribution in [0.5, 0.6) is 0 Å². The van der Waals surface area contributed by atoms with Crippen molar-refractivity contribution in [3.8, 4) is 0 Å². The van der Waals surface area contributed by atoms with Crippen LogP contribution < -0.4 is 4.13 Å². The summed E-state index contributed by atoms with van der Waals surface area (Å²) in [5.41, 5.74) is 0. The highest BCUT2D eigenvalue weighted by Crippen LogP contribution is 2.48. The molecule has 0 amide bonds. The molecule has 1 N–H and O–H groups in total. The van der Waals surface area contributed by atoms with E-state index in [9.17, 15) is 16.8 Å². The smallest absolute Gasteiger partial charge is 0.211 e. The summed E-state index contributed by atoms with van der Waals surface area (Å²) in [6, 6.07) is 0. The molecule has 14 heavy (non-hydrogen) atoms. The minimum atomic E-state index is -3.65. The van der Waals surface area contributed by atoms with Crippen LogP contribution in [0.4, 0.5) is 0 Å². The van der Waals surface area contributed by atoms with Crippen LogP contribution in [0.25, 0.3) is 0 Å². The number of rotatable bonds is 0. The van der Waals surface area contributed by atoms with Crippen molar-refractivity contribution in [2.75, 3.05) is 0 Å². The fourth-order valence-electron chi connectivity index (χ4n) is 2.82. The van der Waals surface area contributed by atoms with Gasteiger partial charge in [-0.3, -0.25) is 0 Å². The Balaban J connectivity index is 2.25. The SMILES string of the molecule is O=S1(=O)NS(=O)(=O)C2C3C=CC(C3)C21. The second-order valence-corrected chi connectivity index (χ2v) is 7.99. The molecule has 5 nitrogen and oxygen atoms in total. The van der Waals surface area contributed by atoms with E-state index in [1.807, 2.05) is 12.2 Å². The Morgan fingerprint density at radius 3 is 1.79 bits per heavy atom. The topological polar surface area (TPSA) is 80.3 Å².